The van der Waals surface area contributed by atoms with Crippen molar-refractivity contribution >= 4 is 22.1 Å². The molecule has 0 radical (unpaired) electrons. The molecule has 1 N–H and O–H groups in total. The van der Waals surface area contributed by atoms with Gasteiger partial charge in [-0.3, -0.25) is 4.99 Å². The molecule has 4 nitrogen and oxygen atoms in total. The van der Waals surface area contributed by atoms with Crippen molar-refractivity contribution in [3.63, 3.8) is 0 Å². The van der Waals surface area contributed by atoms with Crippen LogP contribution in [-0.4, -0.2) is 44.0 Å². The monoisotopic (exact) mass is 376 g/mol. The summed E-state index contributed by atoms with van der Waals surface area (Å²) in [6.45, 7) is 0.589. The molecule has 23 heavy (non-hydrogen) atoms. The summed E-state index contributed by atoms with van der Waals surface area (Å²) >= 11 is 3.40. The Hall–Kier alpha value is -1.85. The van der Waals surface area contributed by atoms with Crippen LogP contribution in [0.2, 0.25) is 0 Å². The molecule has 5 heteroatoms. The molecule has 0 amide bonds. The molecule has 2 rings (SSSR count). The summed E-state index contributed by atoms with van der Waals surface area (Å²) in [5, 5.41) is 9.86. The van der Waals surface area contributed by atoms with Gasteiger partial charge in [-0.25, -0.2) is 0 Å². The molecule has 2 aromatic carbocycles. The van der Waals surface area contributed by atoms with Gasteiger partial charge < -0.3 is 14.7 Å². The average molecular weight is 377 g/mol. The number of aliphatic imine (C=N–C) groups is 1. The van der Waals surface area contributed by atoms with Crippen LogP contribution >= 0.6 is 15.9 Å². The Morgan fingerprint density at radius 1 is 1.26 bits per heavy atom. The summed E-state index contributed by atoms with van der Waals surface area (Å²) in [6, 6.07) is 13.4. The Morgan fingerprint density at radius 3 is 2.74 bits per heavy atom. The molecule has 0 aliphatic carbocycles. The second-order valence-corrected chi connectivity index (χ2v) is 6.37. The fraction of sp³-hybridized carbons (Fsp3) is 0.278. The number of nitrogens with zero attached hydrogens (tertiary/aromatic N) is 2. The zero-order valence-corrected chi connectivity index (χ0v) is 15.1. The molecule has 0 saturated heterocycles. The third-order valence-corrected chi connectivity index (χ3v) is 4.09. The van der Waals surface area contributed by atoms with Gasteiger partial charge in [0.1, 0.15) is 11.5 Å². The quantitative estimate of drug-likeness (QED) is 0.777. The minimum atomic E-state index is 0.135. The van der Waals surface area contributed by atoms with Gasteiger partial charge in [0.15, 0.2) is 0 Å². The maximum absolute atomic E-state index is 9.86. The van der Waals surface area contributed by atoms with Gasteiger partial charge >= 0.3 is 0 Å². The molecular formula is C18H21BrN2O2. The van der Waals surface area contributed by atoms with Gasteiger partial charge in [0.25, 0.3) is 0 Å². The normalized spacial score (nSPS) is 12.7. The first kappa shape index (κ1) is 17.5. The van der Waals surface area contributed by atoms with Gasteiger partial charge in [-0.2, -0.15) is 0 Å². The molecule has 0 aliphatic rings. The summed E-state index contributed by atoms with van der Waals surface area (Å²) < 4.78 is 6.20. The highest BCUT2D eigenvalue weighted by Crippen LogP contribution is 2.24. The predicted octanol–water partition coefficient (Wildman–Crippen LogP) is 3.89. The lowest BCUT2D eigenvalue weighted by Crippen LogP contribution is -2.22. The second-order valence-electron chi connectivity index (χ2n) is 5.45. The fourth-order valence-corrected chi connectivity index (χ4v) is 2.67. The minimum Gasteiger partial charge on any atom is -0.507 e. The number of ether oxygens (including phenoxy) is 1. The fourth-order valence-electron chi connectivity index (χ4n) is 2.30. The van der Waals surface area contributed by atoms with E-state index in [1.807, 2.05) is 38.4 Å². The van der Waals surface area contributed by atoms with Crippen LogP contribution in [-0.2, 0) is 0 Å². The van der Waals surface area contributed by atoms with Gasteiger partial charge in [0, 0.05) is 16.3 Å². The Morgan fingerprint density at radius 2 is 2.04 bits per heavy atom. The van der Waals surface area contributed by atoms with Crippen LogP contribution in [0.3, 0.4) is 0 Å². The molecule has 0 aromatic heterocycles. The number of likely N-dealkylation sites (N-methyl/N-ethyl adjacent to an activating group) is 1. The molecule has 0 unspecified atom stereocenters. The highest BCUT2D eigenvalue weighted by molar-refractivity contribution is 9.10. The van der Waals surface area contributed by atoms with Crippen LogP contribution in [0.25, 0.3) is 0 Å². The Labute approximate surface area is 145 Å². The molecule has 1 atom stereocenters. The Balaban J connectivity index is 2.16. The SMILES string of the molecule is COc1cccc([C@H](CN=Cc2cc(Br)ccc2O)N(C)C)c1. The lowest BCUT2D eigenvalue weighted by molar-refractivity contribution is 0.305. The minimum absolute atomic E-state index is 0.135. The van der Waals surface area contributed by atoms with Crippen LogP contribution in [0.5, 0.6) is 11.5 Å². The van der Waals surface area contributed by atoms with E-state index < -0.39 is 0 Å². The van der Waals surface area contributed by atoms with E-state index in [9.17, 15) is 5.11 Å². The lowest BCUT2D eigenvalue weighted by atomic mass is 10.1. The topological polar surface area (TPSA) is 45.1 Å². The summed E-state index contributed by atoms with van der Waals surface area (Å²) in [4.78, 5) is 6.63. The van der Waals surface area contributed by atoms with E-state index in [1.165, 1.54) is 0 Å². The van der Waals surface area contributed by atoms with Crippen LogP contribution < -0.4 is 4.74 Å². The van der Waals surface area contributed by atoms with Crippen LogP contribution in [0.4, 0.5) is 0 Å². The van der Waals surface area contributed by atoms with Crippen molar-refractivity contribution < 1.29 is 9.84 Å². The van der Waals surface area contributed by atoms with Crippen LogP contribution in [0.1, 0.15) is 17.2 Å². The van der Waals surface area contributed by atoms with E-state index in [0.29, 0.717) is 12.1 Å². The summed E-state index contributed by atoms with van der Waals surface area (Å²) in [7, 11) is 5.71. The number of halogens is 1. The highest BCUT2D eigenvalue weighted by Gasteiger charge is 2.14. The molecule has 2 aromatic rings. The smallest absolute Gasteiger partial charge is 0.124 e. The van der Waals surface area contributed by atoms with Crippen molar-refractivity contribution in [2.24, 2.45) is 4.99 Å². The van der Waals surface area contributed by atoms with Gasteiger partial charge in [-0.05, 0) is 50.0 Å². The molecule has 0 fully saturated rings. The summed E-state index contributed by atoms with van der Waals surface area (Å²) in [5.41, 5.74) is 1.84. The summed E-state index contributed by atoms with van der Waals surface area (Å²) in [6.07, 6.45) is 1.71. The van der Waals surface area contributed by atoms with E-state index in [1.54, 1.807) is 25.5 Å². The molecule has 0 aliphatic heterocycles. The first-order valence-corrected chi connectivity index (χ1v) is 8.09. The van der Waals surface area contributed by atoms with Crippen LogP contribution in [0, 0.1) is 0 Å². The molecular weight excluding hydrogens is 356 g/mol. The van der Waals surface area contributed by atoms with E-state index in [-0.39, 0.29) is 11.8 Å². The number of hydrogen-bond donors (Lipinski definition) is 1. The zero-order chi connectivity index (χ0) is 16.8. The Bertz CT molecular complexity index is 686. The molecule has 0 heterocycles. The average Bonchev–Trinajstić information content (AvgIpc) is 2.54. The van der Waals surface area contributed by atoms with Crippen molar-refractivity contribution in [3.8, 4) is 11.5 Å². The molecule has 0 bridgehead atoms. The maximum Gasteiger partial charge on any atom is 0.124 e. The van der Waals surface area contributed by atoms with Gasteiger partial charge in [0.05, 0.1) is 19.7 Å². The van der Waals surface area contributed by atoms with E-state index >= 15 is 0 Å². The van der Waals surface area contributed by atoms with Crippen molar-refractivity contribution in [2.45, 2.75) is 6.04 Å². The van der Waals surface area contributed by atoms with E-state index in [4.69, 9.17) is 4.74 Å². The number of hydrogen-bond acceptors (Lipinski definition) is 4. The van der Waals surface area contributed by atoms with Crippen molar-refractivity contribution in [1.82, 2.24) is 4.90 Å². The van der Waals surface area contributed by atoms with Crippen molar-refractivity contribution in [3.05, 3.63) is 58.1 Å². The third-order valence-electron chi connectivity index (χ3n) is 3.60. The number of methoxy groups -OCH3 is 1. The van der Waals surface area contributed by atoms with Gasteiger partial charge in [-0.1, -0.05) is 28.1 Å². The second kappa shape index (κ2) is 8.13. The number of benzene rings is 2. The molecule has 0 spiro atoms. The summed E-state index contributed by atoms with van der Waals surface area (Å²) in [5.74, 6) is 1.06. The maximum atomic E-state index is 9.86. The third kappa shape index (κ3) is 4.81. The standard InChI is InChI=1S/C18H21BrN2O2/c1-21(2)17(13-5-4-6-16(10-13)23-3)12-20-11-14-9-15(19)7-8-18(14)22/h4-11,17,22H,12H2,1-3H3/t17-/m0/s1. The number of phenolic OH excluding ortho intramolecular Hbond substituents is 1. The first-order chi connectivity index (χ1) is 11.0. The largest absolute Gasteiger partial charge is 0.507 e. The highest BCUT2D eigenvalue weighted by atomic mass is 79.9. The Kier molecular flexibility index (Phi) is 6.19. The zero-order valence-electron chi connectivity index (χ0n) is 13.5. The van der Waals surface area contributed by atoms with E-state index in [2.05, 4.69) is 31.9 Å². The van der Waals surface area contributed by atoms with E-state index in [0.717, 1.165) is 15.8 Å². The van der Waals surface area contributed by atoms with Gasteiger partial charge in [0.2, 0.25) is 0 Å². The lowest BCUT2D eigenvalue weighted by Gasteiger charge is -2.23. The molecule has 122 valence electrons. The molecule has 0 saturated carbocycles. The van der Waals surface area contributed by atoms with Crippen molar-refractivity contribution in [2.75, 3.05) is 27.7 Å². The van der Waals surface area contributed by atoms with Crippen molar-refractivity contribution in [1.29, 1.82) is 0 Å². The number of aromatic hydroxyl groups is 1. The predicted molar refractivity (Wildman–Crippen MR) is 97.7 cm³/mol. The van der Waals surface area contributed by atoms with Gasteiger partial charge in [-0.15, -0.1) is 0 Å². The van der Waals surface area contributed by atoms with Crippen LogP contribution in [0.15, 0.2) is 51.9 Å². The first-order valence-electron chi connectivity index (χ1n) is 7.30. The number of rotatable bonds is 6. The number of phenols is 1.